The number of hydrogen-bond acceptors (Lipinski definition) is 3. The topological polar surface area (TPSA) is 63.6 Å². The molecule has 1 atom stereocenters. The first-order valence-electron chi connectivity index (χ1n) is 7.03. The summed E-state index contributed by atoms with van der Waals surface area (Å²) in [5.41, 5.74) is 3.81. The van der Waals surface area contributed by atoms with Crippen molar-refractivity contribution in [2.24, 2.45) is 0 Å². The molecule has 1 N–H and O–H groups in total. The average molecular weight is 332 g/mol. The fraction of sp³-hybridized carbons (Fsp3) is 0.600. The van der Waals surface area contributed by atoms with Crippen LogP contribution in [0.25, 0.3) is 0 Å². The zero-order valence-electron chi connectivity index (χ0n) is 13.3. The van der Waals surface area contributed by atoms with Gasteiger partial charge in [0, 0.05) is 0 Å². The molecule has 0 saturated heterocycles. The van der Waals surface area contributed by atoms with Gasteiger partial charge in [0.25, 0.3) is 8.15 Å². The van der Waals surface area contributed by atoms with Crippen LogP contribution in [-0.4, -0.2) is 11.5 Å². The van der Waals surface area contributed by atoms with Crippen LogP contribution in [-0.2, 0) is 13.7 Å². The van der Waals surface area contributed by atoms with Gasteiger partial charge in [0.2, 0.25) is 0 Å². The van der Waals surface area contributed by atoms with Crippen LogP contribution in [0, 0.1) is 0 Å². The van der Waals surface area contributed by atoms with Crippen molar-refractivity contribution < 1.29 is 18.5 Å². The Labute approximate surface area is 129 Å². The van der Waals surface area contributed by atoms with E-state index in [-0.39, 0.29) is 6.61 Å². The summed E-state index contributed by atoms with van der Waals surface area (Å²) in [6.07, 6.45) is 10.2. The Morgan fingerprint density at radius 1 is 1.05 bits per heavy atom. The molecule has 0 fully saturated rings. The van der Waals surface area contributed by atoms with Crippen molar-refractivity contribution in [1.29, 1.82) is 0 Å². The largest absolute Gasteiger partial charge is 0.417 e. The molecule has 0 radical (unpaired) electrons. The van der Waals surface area contributed by atoms with Crippen molar-refractivity contribution in [3.05, 3.63) is 34.9 Å². The van der Waals surface area contributed by atoms with Crippen LogP contribution < -0.4 is 0 Å². The molecule has 0 aliphatic rings. The minimum Gasteiger partial charge on any atom is -0.316 e. The second kappa shape index (κ2) is 11.1. The van der Waals surface area contributed by atoms with E-state index in [0.717, 1.165) is 31.3 Å². The van der Waals surface area contributed by atoms with Gasteiger partial charge in [-0.3, -0.25) is 9.09 Å². The summed E-state index contributed by atoms with van der Waals surface area (Å²) in [5.74, 6) is 0. The molecule has 0 heterocycles. The molecule has 0 rings (SSSR count). The third-order valence-corrected chi connectivity index (χ3v) is 4.56. The first-order valence-corrected chi connectivity index (χ1v) is 10.1. The maximum Gasteiger partial charge on any atom is 0.417 e. The van der Waals surface area contributed by atoms with Crippen molar-refractivity contribution in [1.82, 2.24) is 0 Å². The highest BCUT2D eigenvalue weighted by atomic mass is 32.1. The second-order valence-corrected chi connectivity index (χ2v) is 8.74. The Morgan fingerprint density at radius 2 is 1.57 bits per heavy atom. The lowest BCUT2D eigenvalue weighted by Crippen LogP contribution is -1.87. The van der Waals surface area contributed by atoms with E-state index in [9.17, 15) is 9.13 Å². The molecule has 0 spiro atoms. The molecule has 6 heteroatoms. The summed E-state index contributed by atoms with van der Waals surface area (Å²) >= 11 is 0. The van der Waals surface area contributed by atoms with Gasteiger partial charge in [-0.05, 0) is 53.4 Å². The summed E-state index contributed by atoms with van der Waals surface area (Å²) in [7, 11) is -4.80. The van der Waals surface area contributed by atoms with E-state index in [4.69, 9.17) is 4.89 Å². The lowest BCUT2D eigenvalue weighted by atomic mass is 10.1. The molecule has 0 aromatic carbocycles. The van der Waals surface area contributed by atoms with Gasteiger partial charge in [-0.25, -0.2) is 4.57 Å². The van der Waals surface area contributed by atoms with Gasteiger partial charge in [0.15, 0.2) is 0 Å². The second-order valence-electron chi connectivity index (χ2n) is 5.33. The zero-order chi connectivity index (χ0) is 16.3. The predicted molar refractivity (Wildman–Crippen MR) is 88.8 cm³/mol. The first kappa shape index (κ1) is 20.5. The van der Waals surface area contributed by atoms with E-state index in [1.165, 1.54) is 11.1 Å². The number of hydrogen-bond donors (Lipinski definition) is 1. The smallest absolute Gasteiger partial charge is 0.316 e. The Kier molecular flexibility index (Phi) is 10.8. The highest BCUT2D eigenvalue weighted by Crippen LogP contribution is 2.54. The summed E-state index contributed by atoms with van der Waals surface area (Å²) < 4.78 is 25.9. The van der Waals surface area contributed by atoms with Gasteiger partial charge in [0.05, 0.1) is 6.61 Å². The van der Waals surface area contributed by atoms with Crippen LogP contribution in [0.5, 0.6) is 0 Å². The molecule has 0 aliphatic heterocycles. The first-order chi connectivity index (χ1) is 9.76. The maximum absolute atomic E-state index is 11.0. The molecule has 21 heavy (non-hydrogen) atoms. The van der Waals surface area contributed by atoms with Crippen LogP contribution >= 0.6 is 15.4 Å². The minimum atomic E-state index is -3.94. The van der Waals surface area contributed by atoms with Crippen LogP contribution in [0.15, 0.2) is 34.9 Å². The van der Waals surface area contributed by atoms with E-state index < -0.39 is 15.4 Å². The highest BCUT2D eigenvalue weighted by Gasteiger charge is 2.18. The van der Waals surface area contributed by atoms with Crippen LogP contribution in [0.1, 0.15) is 53.4 Å². The van der Waals surface area contributed by atoms with E-state index in [0.29, 0.717) is 0 Å². The molecule has 0 aromatic heterocycles. The van der Waals surface area contributed by atoms with Gasteiger partial charge >= 0.3 is 7.28 Å². The Morgan fingerprint density at radius 3 is 2.10 bits per heavy atom. The monoisotopic (exact) mass is 332 g/mol. The molecule has 0 aliphatic carbocycles. The van der Waals surface area contributed by atoms with Crippen molar-refractivity contribution in [3.8, 4) is 0 Å². The van der Waals surface area contributed by atoms with Crippen LogP contribution in [0.4, 0.5) is 0 Å². The average Bonchev–Trinajstić information content (AvgIpc) is 2.38. The fourth-order valence-corrected chi connectivity index (χ4v) is 2.30. The van der Waals surface area contributed by atoms with E-state index >= 15 is 0 Å². The third kappa shape index (κ3) is 12.9. The minimum absolute atomic E-state index is 0.0120. The van der Waals surface area contributed by atoms with Crippen molar-refractivity contribution >= 4 is 15.4 Å². The number of allylic oxidation sites excluding steroid dienone is 5. The zero-order valence-corrected chi connectivity index (χ0v) is 15.1. The van der Waals surface area contributed by atoms with E-state index in [1.807, 2.05) is 6.92 Å². The SMILES string of the molecule is CC(C)=CCCC(C)=CCCC(C)=CCOP(=O)(O)P=O. The summed E-state index contributed by atoms with van der Waals surface area (Å²) in [6.45, 7) is 8.31. The fourth-order valence-electron chi connectivity index (χ4n) is 1.64. The summed E-state index contributed by atoms with van der Waals surface area (Å²) in [4.78, 5) is 8.97. The molecular formula is C15H26O4P2. The van der Waals surface area contributed by atoms with Gasteiger partial charge in [-0.1, -0.05) is 34.9 Å². The Bertz CT molecular complexity index is 460. The molecule has 0 aromatic rings. The van der Waals surface area contributed by atoms with Gasteiger partial charge < -0.3 is 4.89 Å². The van der Waals surface area contributed by atoms with Crippen molar-refractivity contribution in [2.75, 3.05) is 6.61 Å². The normalized spacial score (nSPS) is 15.9. The summed E-state index contributed by atoms with van der Waals surface area (Å²) in [6, 6.07) is 0. The lowest BCUT2D eigenvalue weighted by Gasteiger charge is -2.03. The van der Waals surface area contributed by atoms with Crippen molar-refractivity contribution in [2.45, 2.75) is 53.4 Å². The predicted octanol–water partition coefficient (Wildman–Crippen LogP) is 5.81. The van der Waals surface area contributed by atoms with E-state index in [1.54, 1.807) is 6.08 Å². The van der Waals surface area contributed by atoms with Crippen molar-refractivity contribution in [3.63, 3.8) is 0 Å². The highest BCUT2D eigenvalue weighted by molar-refractivity contribution is 8.14. The standard InChI is InChI=1S/C15H26O4P2/c1-13(2)7-5-8-14(3)9-6-10-15(4)11-12-19-21(17,18)20-16/h7,9,11H,5-6,8,10,12H2,1-4H3,(H,17,18). The Balaban J connectivity index is 4.01. The van der Waals surface area contributed by atoms with Gasteiger partial charge in [0.1, 0.15) is 0 Å². The molecule has 4 nitrogen and oxygen atoms in total. The van der Waals surface area contributed by atoms with Crippen LogP contribution in [0.2, 0.25) is 0 Å². The molecule has 120 valence electrons. The third-order valence-electron chi connectivity index (χ3n) is 2.90. The number of rotatable bonds is 10. The van der Waals surface area contributed by atoms with E-state index in [2.05, 4.69) is 37.4 Å². The van der Waals surface area contributed by atoms with Crippen LogP contribution in [0.3, 0.4) is 0 Å². The maximum atomic E-state index is 11.0. The molecular weight excluding hydrogens is 306 g/mol. The van der Waals surface area contributed by atoms with Gasteiger partial charge in [-0.15, -0.1) is 0 Å². The summed E-state index contributed by atoms with van der Waals surface area (Å²) in [5, 5.41) is 0. The molecule has 0 bridgehead atoms. The lowest BCUT2D eigenvalue weighted by molar-refractivity contribution is 0.303. The molecule has 0 saturated carbocycles. The molecule has 1 unspecified atom stereocenters. The van der Waals surface area contributed by atoms with Gasteiger partial charge in [-0.2, -0.15) is 0 Å². The quantitative estimate of drug-likeness (QED) is 0.405. The molecule has 0 amide bonds. The Hall–Kier alpha value is -0.530.